The number of hydrogen-bond acceptors (Lipinski definition) is 6. The summed E-state index contributed by atoms with van der Waals surface area (Å²) < 4.78 is 44.1. The number of alkyl halides is 1. The number of benzene rings is 1. The molecule has 0 fully saturated rings. The van der Waals surface area contributed by atoms with Crippen LogP contribution in [0.15, 0.2) is 24.3 Å². The molecule has 2 atom stereocenters. The normalized spacial score (nSPS) is 15.3. The van der Waals surface area contributed by atoms with Gasteiger partial charge in [0.1, 0.15) is 6.04 Å². The maximum atomic E-state index is 15.2. The molecule has 8 heteroatoms. The molecule has 154 valence electrons. The van der Waals surface area contributed by atoms with Crippen molar-refractivity contribution in [2.45, 2.75) is 71.1 Å². The summed E-state index contributed by atoms with van der Waals surface area (Å²) in [5.41, 5.74) is 4.93. The molecule has 2 N–H and O–H groups in total. The third-order valence-electron chi connectivity index (χ3n) is 3.29. The van der Waals surface area contributed by atoms with Crippen LogP contribution >= 0.6 is 7.60 Å². The summed E-state index contributed by atoms with van der Waals surface area (Å²) in [6.07, 6.45) is 0.249. The molecule has 6 nitrogen and oxygen atoms in total. The number of carbonyl (C=O) groups is 1. The van der Waals surface area contributed by atoms with E-state index >= 15 is 4.39 Å². The van der Waals surface area contributed by atoms with Crippen molar-refractivity contribution in [3.8, 4) is 0 Å². The van der Waals surface area contributed by atoms with Gasteiger partial charge in [0.25, 0.3) is 0 Å². The van der Waals surface area contributed by atoms with Crippen molar-refractivity contribution in [3.05, 3.63) is 35.4 Å². The predicted molar refractivity (Wildman–Crippen MR) is 103 cm³/mol. The number of carbonyl (C=O) groups excluding carboxylic acids is 1. The van der Waals surface area contributed by atoms with E-state index in [1.54, 1.807) is 53.7 Å². The van der Waals surface area contributed by atoms with Crippen molar-refractivity contribution in [1.82, 2.24) is 0 Å². The summed E-state index contributed by atoms with van der Waals surface area (Å²) in [6, 6.07) is 5.44. The molecule has 0 amide bonds. The Morgan fingerprint density at radius 3 is 1.89 bits per heavy atom. The van der Waals surface area contributed by atoms with Gasteiger partial charge in [0, 0.05) is 0 Å². The topological polar surface area (TPSA) is 87.9 Å². The molecule has 27 heavy (non-hydrogen) atoms. The average molecular weight is 403 g/mol. The van der Waals surface area contributed by atoms with Gasteiger partial charge in [-0.1, -0.05) is 24.3 Å². The average Bonchev–Trinajstić information content (AvgIpc) is 2.50. The Kier molecular flexibility index (Phi) is 7.77. The van der Waals surface area contributed by atoms with Crippen LogP contribution < -0.4 is 5.73 Å². The lowest BCUT2D eigenvalue weighted by Gasteiger charge is -2.33. The van der Waals surface area contributed by atoms with Crippen LogP contribution in [0.25, 0.3) is 0 Å². The zero-order valence-corrected chi connectivity index (χ0v) is 18.0. The molecule has 0 heterocycles. The van der Waals surface area contributed by atoms with Crippen molar-refractivity contribution in [1.29, 1.82) is 0 Å². The smallest absolute Gasteiger partial charge is 0.370 e. The molecule has 0 bridgehead atoms. The van der Waals surface area contributed by atoms with Crippen LogP contribution in [0.5, 0.6) is 0 Å². The molecule has 0 aliphatic heterocycles. The quantitative estimate of drug-likeness (QED) is 0.532. The van der Waals surface area contributed by atoms with Gasteiger partial charge in [0.15, 0.2) is 0 Å². The first-order valence-corrected chi connectivity index (χ1v) is 10.4. The fourth-order valence-corrected chi connectivity index (χ4v) is 4.64. The van der Waals surface area contributed by atoms with E-state index in [2.05, 4.69) is 4.74 Å². The number of halogens is 1. The van der Waals surface area contributed by atoms with Crippen molar-refractivity contribution in [2.24, 2.45) is 5.73 Å². The minimum absolute atomic E-state index is 0.169. The fraction of sp³-hybridized carbons (Fsp3) is 0.632. The lowest BCUT2D eigenvalue weighted by atomic mass is 10.1. The van der Waals surface area contributed by atoms with Crippen LogP contribution in [0.3, 0.4) is 0 Å². The van der Waals surface area contributed by atoms with Gasteiger partial charge in [-0.05, 0) is 59.1 Å². The minimum Gasteiger partial charge on any atom is -0.468 e. The highest BCUT2D eigenvalue weighted by atomic mass is 31.2. The van der Waals surface area contributed by atoms with Gasteiger partial charge in [0.05, 0.1) is 18.3 Å². The Balaban J connectivity index is 3.06. The largest absolute Gasteiger partial charge is 0.468 e. The maximum Gasteiger partial charge on any atom is 0.370 e. The summed E-state index contributed by atoms with van der Waals surface area (Å²) in [4.78, 5) is 11.4. The molecule has 0 aliphatic carbocycles. The summed E-state index contributed by atoms with van der Waals surface area (Å²) in [5, 5.41) is 0. The molecule has 1 aromatic rings. The van der Waals surface area contributed by atoms with Crippen LogP contribution in [0.2, 0.25) is 0 Å². The van der Waals surface area contributed by atoms with Crippen molar-refractivity contribution >= 4 is 13.6 Å². The first kappa shape index (κ1) is 23.8. The van der Waals surface area contributed by atoms with E-state index < -0.39 is 36.7 Å². The van der Waals surface area contributed by atoms with Gasteiger partial charge in [-0.2, -0.15) is 0 Å². The Hall–Kier alpha value is -1.27. The molecule has 0 aromatic heterocycles. The molecular weight excluding hydrogens is 372 g/mol. The summed E-state index contributed by atoms with van der Waals surface area (Å²) in [5.74, 6) is -2.47. The van der Waals surface area contributed by atoms with E-state index in [1.165, 1.54) is 19.2 Å². The van der Waals surface area contributed by atoms with Gasteiger partial charge in [0.2, 0.25) is 5.91 Å². The SMILES string of the molecule is COC(=O)[C@H](N)Cc1ccc(C(F)P(=O)(OC(C)(C)C)OC(C)(C)C)cc1. The van der Waals surface area contributed by atoms with Crippen LogP contribution in [-0.4, -0.2) is 30.3 Å². The summed E-state index contributed by atoms with van der Waals surface area (Å²) >= 11 is 0. The summed E-state index contributed by atoms with van der Waals surface area (Å²) in [6.45, 7) is 10.1. The molecule has 0 aliphatic rings. The first-order chi connectivity index (χ1) is 12.2. The van der Waals surface area contributed by atoms with Crippen LogP contribution in [-0.2, 0) is 29.6 Å². The maximum absolute atomic E-state index is 15.2. The van der Waals surface area contributed by atoms with E-state index in [1.807, 2.05) is 0 Å². The second-order valence-corrected chi connectivity index (χ2v) is 10.3. The Morgan fingerprint density at radius 2 is 1.52 bits per heavy atom. The Bertz CT molecular complexity index is 659. The lowest BCUT2D eigenvalue weighted by Crippen LogP contribution is -2.33. The first-order valence-electron chi connectivity index (χ1n) is 8.74. The fourth-order valence-electron chi connectivity index (χ4n) is 2.36. The minimum atomic E-state index is -4.10. The molecular formula is C19H31FNO5P. The zero-order valence-electron chi connectivity index (χ0n) is 17.1. The second-order valence-electron chi connectivity index (χ2n) is 8.36. The number of methoxy groups -OCH3 is 1. The van der Waals surface area contributed by atoms with E-state index in [4.69, 9.17) is 14.8 Å². The zero-order chi connectivity index (χ0) is 21.0. The van der Waals surface area contributed by atoms with Crippen LogP contribution in [0, 0.1) is 0 Å². The number of nitrogens with two attached hydrogens (primary N) is 1. The monoisotopic (exact) mass is 403 g/mol. The highest BCUT2D eigenvalue weighted by molar-refractivity contribution is 7.54. The summed E-state index contributed by atoms with van der Waals surface area (Å²) in [7, 11) is -2.84. The molecule has 1 unspecified atom stereocenters. The highest BCUT2D eigenvalue weighted by Crippen LogP contribution is 2.65. The van der Waals surface area contributed by atoms with Gasteiger partial charge >= 0.3 is 13.6 Å². The van der Waals surface area contributed by atoms with Gasteiger partial charge in [-0.15, -0.1) is 0 Å². The number of esters is 1. The highest BCUT2D eigenvalue weighted by Gasteiger charge is 2.44. The Morgan fingerprint density at radius 1 is 1.07 bits per heavy atom. The molecule has 0 saturated heterocycles. The predicted octanol–water partition coefficient (Wildman–Crippen LogP) is 4.52. The standard InChI is InChI=1S/C19H31FNO5P/c1-18(2,3)25-27(23,26-19(4,5)6)16(20)14-10-8-13(9-11-14)12-15(21)17(22)24-7/h8-11,15-16H,12,21H2,1-7H3/t15-,16?/m1/s1. The van der Waals surface area contributed by atoms with Gasteiger partial charge < -0.3 is 19.5 Å². The Labute approximate surface area is 161 Å². The number of hydrogen-bond donors (Lipinski definition) is 1. The van der Waals surface area contributed by atoms with E-state index in [0.29, 0.717) is 0 Å². The third kappa shape index (κ3) is 7.70. The second kappa shape index (κ2) is 8.82. The molecule has 0 spiro atoms. The van der Waals surface area contributed by atoms with Gasteiger partial charge in [-0.25, -0.2) is 4.39 Å². The third-order valence-corrected chi connectivity index (χ3v) is 5.75. The number of rotatable bonds is 7. The van der Waals surface area contributed by atoms with Crippen molar-refractivity contribution in [2.75, 3.05) is 7.11 Å². The van der Waals surface area contributed by atoms with Gasteiger partial charge in [-0.3, -0.25) is 9.36 Å². The molecule has 1 rings (SSSR count). The van der Waals surface area contributed by atoms with Crippen LogP contribution in [0.4, 0.5) is 4.39 Å². The van der Waals surface area contributed by atoms with Crippen molar-refractivity contribution < 1.29 is 27.5 Å². The van der Waals surface area contributed by atoms with E-state index in [-0.39, 0.29) is 12.0 Å². The number of ether oxygens (including phenoxy) is 1. The molecule has 0 radical (unpaired) electrons. The van der Waals surface area contributed by atoms with E-state index in [0.717, 1.165) is 5.56 Å². The molecule has 1 aromatic carbocycles. The van der Waals surface area contributed by atoms with Crippen molar-refractivity contribution in [3.63, 3.8) is 0 Å². The van der Waals surface area contributed by atoms with Crippen LogP contribution in [0.1, 0.15) is 58.6 Å². The lowest BCUT2D eigenvalue weighted by molar-refractivity contribution is -0.142. The molecule has 0 saturated carbocycles. The van der Waals surface area contributed by atoms with E-state index in [9.17, 15) is 9.36 Å².